The summed E-state index contributed by atoms with van der Waals surface area (Å²) in [6.07, 6.45) is 1.80. The van der Waals surface area contributed by atoms with Crippen LogP contribution in [0.1, 0.15) is 25.3 Å². The third kappa shape index (κ3) is 5.76. The minimum Gasteiger partial charge on any atom is -0.339 e. The number of hydrogen-bond acceptors (Lipinski definition) is 4. The van der Waals surface area contributed by atoms with E-state index in [-0.39, 0.29) is 23.5 Å². The SMILES string of the molecule is CCN(C(=O)CCNCCc1cccc(Cl)c1)C1CCS(=O)(=O)C1. The number of hydrogen-bond donors (Lipinski definition) is 1. The van der Waals surface area contributed by atoms with Crippen LogP contribution in [0.3, 0.4) is 0 Å². The number of carbonyl (C=O) groups excluding carboxylic acids is 1. The zero-order valence-corrected chi connectivity index (χ0v) is 15.6. The number of nitrogens with zero attached hydrogens (tertiary/aromatic N) is 1. The van der Waals surface area contributed by atoms with Gasteiger partial charge in [0.15, 0.2) is 9.84 Å². The molecule has 1 heterocycles. The van der Waals surface area contributed by atoms with Gasteiger partial charge >= 0.3 is 0 Å². The maximum atomic E-state index is 12.3. The maximum absolute atomic E-state index is 12.3. The van der Waals surface area contributed by atoms with Crippen molar-refractivity contribution < 1.29 is 13.2 Å². The molecule has 0 aliphatic carbocycles. The Labute approximate surface area is 149 Å². The van der Waals surface area contributed by atoms with Crippen LogP contribution in [0.5, 0.6) is 0 Å². The second-order valence-corrected chi connectivity index (χ2v) is 8.78. The van der Waals surface area contributed by atoms with Crippen LogP contribution in [-0.2, 0) is 21.1 Å². The fraction of sp³-hybridized carbons (Fsp3) is 0.588. The number of benzene rings is 1. The fourth-order valence-electron chi connectivity index (χ4n) is 3.05. The first-order valence-electron chi connectivity index (χ1n) is 8.36. The van der Waals surface area contributed by atoms with E-state index in [1.165, 1.54) is 0 Å². The molecule has 1 fully saturated rings. The highest BCUT2D eigenvalue weighted by atomic mass is 35.5. The first-order valence-corrected chi connectivity index (χ1v) is 10.6. The summed E-state index contributed by atoms with van der Waals surface area (Å²) in [4.78, 5) is 14.0. The zero-order chi connectivity index (χ0) is 17.6. The van der Waals surface area contributed by atoms with Crippen molar-refractivity contribution in [1.29, 1.82) is 0 Å². The van der Waals surface area contributed by atoms with E-state index < -0.39 is 9.84 Å². The van der Waals surface area contributed by atoms with E-state index in [2.05, 4.69) is 5.32 Å². The summed E-state index contributed by atoms with van der Waals surface area (Å²) in [5.41, 5.74) is 1.16. The van der Waals surface area contributed by atoms with Gasteiger partial charge < -0.3 is 10.2 Å². The molecule has 1 atom stereocenters. The number of nitrogens with one attached hydrogen (secondary N) is 1. The third-order valence-corrected chi connectivity index (χ3v) is 6.29. The van der Waals surface area contributed by atoms with Crippen LogP contribution in [-0.4, -0.2) is 56.4 Å². The minimum absolute atomic E-state index is 0.0230. The van der Waals surface area contributed by atoms with Crippen molar-refractivity contribution in [3.8, 4) is 0 Å². The van der Waals surface area contributed by atoms with E-state index in [0.29, 0.717) is 25.9 Å². The highest BCUT2D eigenvalue weighted by Crippen LogP contribution is 2.18. The quantitative estimate of drug-likeness (QED) is 0.708. The van der Waals surface area contributed by atoms with Crippen molar-refractivity contribution >= 4 is 27.3 Å². The number of rotatable bonds is 8. The lowest BCUT2D eigenvalue weighted by Crippen LogP contribution is -2.42. The van der Waals surface area contributed by atoms with Crippen molar-refractivity contribution in [2.75, 3.05) is 31.1 Å². The van der Waals surface area contributed by atoms with Crippen molar-refractivity contribution in [3.05, 3.63) is 34.9 Å². The molecular weight excluding hydrogens is 348 g/mol. The Kier molecular flexibility index (Phi) is 7.07. The molecule has 1 saturated heterocycles. The predicted molar refractivity (Wildman–Crippen MR) is 97.1 cm³/mol. The molecule has 134 valence electrons. The van der Waals surface area contributed by atoms with Gasteiger partial charge in [-0.1, -0.05) is 23.7 Å². The van der Waals surface area contributed by atoms with Gasteiger partial charge in [0, 0.05) is 30.6 Å². The molecule has 1 aromatic carbocycles. The van der Waals surface area contributed by atoms with Crippen molar-refractivity contribution in [1.82, 2.24) is 10.2 Å². The van der Waals surface area contributed by atoms with Gasteiger partial charge in [-0.3, -0.25) is 4.79 Å². The first kappa shape index (κ1) is 19.2. The summed E-state index contributed by atoms with van der Waals surface area (Å²) in [5.74, 6) is 0.323. The molecule has 5 nitrogen and oxygen atoms in total. The number of amides is 1. The smallest absolute Gasteiger partial charge is 0.224 e. The topological polar surface area (TPSA) is 66.5 Å². The minimum atomic E-state index is -2.97. The lowest BCUT2D eigenvalue weighted by molar-refractivity contribution is -0.132. The van der Waals surface area contributed by atoms with Gasteiger partial charge in [0.1, 0.15) is 0 Å². The molecule has 1 aromatic rings. The molecule has 1 amide bonds. The average Bonchev–Trinajstić information content (AvgIpc) is 2.87. The molecule has 1 N–H and O–H groups in total. The normalized spacial score (nSPS) is 19.3. The van der Waals surface area contributed by atoms with Gasteiger partial charge in [-0.2, -0.15) is 0 Å². The summed E-state index contributed by atoms with van der Waals surface area (Å²) in [6.45, 7) is 3.82. The molecule has 1 unspecified atom stereocenters. The van der Waals surface area contributed by atoms with Crippen molar-refractivity contribution in [3.63, 3.8) is 0 Å². The van der Waals surface area contributed by atoms with Crippen LogP contribution in [0.4, 0.5) is 0 Å². The molecule has 0 bridgehead atoms. The lowest BCUT2D eigenvalue weighted by atomic mass is 10.1. The highest BCUT2D eigenvalue weighted by Gasteiger charge is 2.33. The van der Waals surface area contributed by atoms with Gasteiger partial charge in [-0.15, -0.1) is 0 Å². The van der Waals surface area contributed by atoms with E-state index in [0.717, 1.165) is 23.6 Å². The Bertz CT molecular complexity index is 664. The molecule has 24 heavy (non-hydrogen) atoms. The van der Waals surface area contributed by atoms with E-state index in [4.69, 9.17) is 11.6 Å². The highest BCUT2D eigenvalue weighted by molar-refractivity contribution is 7.91. The average molecular weight is 373 g/mol. The van der Waals surface area contributed by atoms with Crippen LogP contribution in [0.25, 0.3) is 0 Å². The molecule has 0 radical (unpaired) electrons. The van der Waals surface area contributed by atoms with Gasteiger partial charge in [0.2, 0.25) is 5.91 Å². The van der Waals surface area contributed by atoms with E-state index in [1.54, 1.807) is 4.90 Å². The van der Waals surface area contributed by atoms with Crippen LogP contribution < -0.4 is 5.32 Å². The van der Waals surface area contributed by atoms with E-state index >= 15 is 0 Å². The standard InChI is InChI=1S/C17H25ClN2O3S/c1-2-20(16-8-11-24(22,23)13-16)17(21)7-10-19-9-6-14-4-3-5-15(18)12-14/h3-5,12,16,19H,2,6-11,13H2,1H3. The lowest BCUT2D eigenvalue weighted by Gasteiger charge is -2.27. The molecule has 0 spiro atoms. The summed E-state index contributed by atoms with van der Waals surface area (Å²) in [5, 5.41) is 3.99. The summed E-state index contributed by atoms with van der Waals surface area (Å²) in [7, 11) is -2.97. The molecule has 1 aliphatic rings. The van der Waals surface area contributed by atoms with Crippen LogP contribution >= 0.6 is 11.6 Å². The summed E-state index contributed by atoms with van der Waals surface area (Å²) < 4.78 is 23.2. The number of halogens is 1. The molecule has 1 aliphatic heterocycles. The molecular formula is C17H25ClN2O3S. The maximum Gasteiger partial charge on any atom is 0.224 e. The van der Waals surface area contributed by atoms with Crippen LogP contribution in [0.15, 0.2) is 24.3 Å². The Balaban J connectivity index is 1.70. The Morgan fingerprint density at radius 3 is 2.79 bits per heavy atom. The third-order valence-electron chi connectivity index (χ3n) is 4.31. The second-order valence-electron chi connectivity index (χ2n) is 6.12. The molecule has 2 rings (SSSR count). The van der Waals surface area contributed by atoms with E-state index in [9.17, 15) is 13.2 Å². The summed E-state index contributed by atoms with van der Waals surface area (Å²) in [6, 6.07) is 7.58. The predicted octanol–water partition coefficient (Wildman–Crippen LogP) is 1.90. The number of sulfone groups is 1. The zero-order valence-electron chi connectivity index (χ0n) is 14.0. The largest absolute Gasteiger partial charge is 0.339 e. The van der Waals surface area contributed by atoms with Gasteiger partial charge in [0.25, 0.3) is 0 Å². The van der Waals surface area contributed by atoms with Crippen molar-refractivity contribution in [2.24, 2.45) is 0 Å². The van der Waals surface area contributed by atoms with Crippen molar-refractivity contribution in [2.45, 2.75) is 32.2 Å². The number of carbonyl (C=O) groups is 1. The monoisotopic (exact) mass is 372 g/mol. The Morgan fingerprint density at radius 1 is 1.38 bits per heavy atom. The van der Waals surface area contributed by atoms with Gasteiger partial charge in [0.05, 0.1) is 11.5 Å². The second kappa shape index (κ2) is 8.83. The first-order chi connectivity index (χ1) is 11.4. The van der Waals surface area contributed by atoms with Gasteiger partial charge in [-0.05, 0) is 44.0 Å². The van der Waals surface area contributed by atoms with E-state index in [1.807, 2.05) is 31.2 Å². The van der Waals surface area contributed by atoms with Crippen LogP contribution in [0, 0.1) is 0 Å². The molecule has 7 heteroatoms. The van der Waals surface area contributed by atoms with Gasteiger partial charge in [-0.25, -0.2) is 8.42 Å². The summed E-state index contributed by atoms with van der Waals surface area (Å²) >= 11 is 5.95. The van der Waals surface area contributed by atoms with Crippen LogP contribution in [0.2, 0.25) is 5.02 Å². The molecule has 0 aromatic heterocycles. The Hall–Kier alpha value is -1.11. The molecule has 0 saturated carbocycles. The fourth-order valence-corrected chi connectivity index (χ4v) is 4.99. The Morgan fingerprint density at radius 2 is 2.17 bits per heavy atom.